The van der Waals surface area contributed by atoms with Crippen LogP contribution in [0.4, 0.5) is 11.4 Å². The summed E-state index contributed by atoms with van der Waals surface area (Å²) in [7, 11) is 0. The molecule has 0 aliphatic rings. The van der Waals surface area contributed by atoms with Gasteiger partial charge in [-0.1, -0.05) is 79.9 Å². The number of unbranched alkanes of at least 4 members (excludes halogenated alkanes) is 5. The Morgan fingerprint density at radius 1 is 1.17 bits per heavy atom. The molecule has 0 unspecified atom stereocenters. The van der Waals surface area contributed by atoms with E-state index < -0.39 is 14.9 Å². The SMILES string of the molecule is CCCCCCCCC(=O)N[C@H](NC(=S)Nc1cccc([N+](=O)[O-])c1)C(Cl)(Cl)Cl. The van der Waals surface area contributed by atoms with Gasteiger partial charge in [0.25, 0.3) is 5.69 Å². The largest absolute Gasteiger partial charge is 0.339 e. The van der Waals surface area contributed by atoms with E-state index in [4.69, 9.17) is 47.0 Å². The second-order valence-corrected chi connectivity index (χ2v) is 9.24. The van der Waals surface area contributed by atoms with Crippen molar-refractivity contribution >= 4 is 69.4 Å². The fraction of sp³-hybridized carbons (Fsp3) is 0.556. The number of nitrogens with zero attached hydrogens (tertiary/aromatic N) is 1. The molecule has 0 radical (unpaired) electrons. The minimum atomic E-state index is -1.86. The molecule has 0 fully saturated rings. The van der Waals surface area contributed by atoms with Crippen LogP contribution in [0.5, 0.6) is 0 Å². The average molecular weight is 484 g/mol. The second-order valence-electron chi connectivity index (χ2n) is 6.47. The number of rotatable bonds is 11. The molecule has 162 valence electrons. The lowest BCUT2D eigenvalue weighted by molar-refractivity contribution is -0.384. The summed E-state index contributed by atoms with van der Waals surface area (Å²) in [4.78, 5) is 22.5. The highest BCUT2D eigenvalue weighted by Crippen LogP contribution is 2.29. The van der Waals surface area contributed by atoms with E-state index in [0.29, 0.717) is 12.1 Å². The number of thiocarbonyl (C=S) groups is 1. The van der Waals surface area contributed by atoms with Gasteiger partial charge in [-0.3, -0.25) is 14.9 Å². The molecule has 1 aromatic rings. The van der Waals surface area contributed by atoms with Gasteiger partial charge in [0, 0.05) is 24.2 Å². The number of nitro groups is 1. The van der Waals surface area contributed by atoms with Gasteiger partial charge in [0.05, 0.1) is 4.92 Å². The summed E-state index contributed by atoms with van der Waals surface area (Å²) >= 11 is 23.0. The van der Waals surface area contributed by atoms with Crippen LogP contribution in [0.25, 0.3) is 0 Å². The van der Waals surface area contributed by atoms with Crippen molar-refractivity contribution in [2.75, 3.05) is 5.32 Å². The third kappa shape index (κ3) is 10.8. The van der Waals surface area contributed by atoms with E-state index in [2.05, 4.69) is 22.9 Å². The lowest BCUT2D eigenvalue weighted by Gasteiger charge is -2.27. The van der Waals surface area contributed by atoms with Crippen molar-refractivity contribution in [2.45, 2.75) is 61.8 Å². The van der Waals surface area contributed by atoms with Crippen molar-refractivity contribution < 1.29 is 9.72 Å². The van der Waals surface area contributed by atoms with Crippen LogP contribution in [0.2, 0.25) is 0 Å². The molecule has 0 saturated carbocycles. The van der Waals surface area contributed by atoms with Gasteiger partial charge in [0.15, 0.2) is 5.11 Å². The Morgan fingerprint density at radius 3 is 2.45 bits per heavy atom. The van der Waals surface area contributed by atoms with E-state index in [1.54, 1.807) is 6.07 Å². The first-order valence-electron chi connectivity index (χ1n) is 9.31. The van der Waals surface area contributed by atoms with E-state index in [9.17, 15) is 14.9 Å². The Hall–Kier alpha value is -1.35. The number of benzene rings is 1. The number of carbonyl (C=O) groups excluding carboxylic acids is 1. The molecule has 7 nitrogen and oxygen atoms in total. The summed E-state index contributed by atoms with van der Waals surface area (Å²) in [6.07, 6.45) is 5.57. The minimum absolute atomic E-state index is 0.0432. The standard InChI is InChI=1S/C18H25Cl3N4O3S/c1-2-3-4-5-6-7-11-15(26)23-16(18(19,20)21)24-17(29)22-13-9-8-10-14(12-13)25(27)28/h8-10,12,16H,2-7,11H2,1H3,(H,23,26)(H2,22,24,29)/t16-/m1/s1. The smallest absolute Gasteiger partial charge is 0.271 e. The highest BCUT2D eigenvalue weighted by Gasteiger charge is 2.34. The Balaban J connectivity index is 2.56. The fourth-order valence-corrected chi connectivity index (χ4v) is 3.06. The van der Waals surface area contributed by atoms with Crippen molar-refractivity contribution in [3.63, 3.8) is 0 Å². The van der Waals surface area contributed by atoms with Crippen LogP contribution >= 0.6 is 47.0 Å². The lowest BCUT2D eigenvalue weighted by Crippen LogP contribution is -2.56. The van der Waals surface area contributed by atoms with E-state index >= 15 is 0 Å². The Kier molecular flexibility index (Phi) is 11.6. The van der Waals surface area contributed by atoms with Crippen LogP contribution in [-0.2, 0) is 4.79 Å². The molecule has 0 aliphatic heterocycles. The van der Waals surface area contributed by atoms with Crippen LogP contribution in [-0.4, -0.2) is 25.9 Å². The quantitative estimate of drug-likeness (QED) is 0.0968. The molecule has 1 amide bonds. The number of alkyl halides is 3. The maximum atomic E-state index is 12.2. The first-order chi connectivity index (χ1) is 13.6. The summed E-state index contributed by atoms with van der Waals surface area (Å²) < 4.78 is -1.86. The number of anilines is 1. The van der Waals surface area contributed by atoms with Crippen LogP contribution in [0.15, 0.2) is 24.3 Å². The van der Waals surface area contributed by atoms with Gasteiger partial charge in [-0.05, 0) is 24.7 Å². The molecule has 0 heterocycles. The zero-order valence-electron chi connectivity index (χ0n) is 16.1. The number of hydrogen-bond acceptors (Lipinski definition) is 4. The van der Waals surface area contributed by atoms with Crippen molar-refractivity contribution in [1.82, 2.24) is 10.6 Å². The van der Waals surface area contributed by atoms with Crippen molar-refractivity contribution in [3.05, 3.63) is 34.4 Å². The molecule has 3 N–H and O–H groups in total. The third-order valence-corrected chi connectivity index (χ3v) is 4.85. The maximum Gasteiger partial charge on any atom is 0.271 e. The minimum Gasteiger partial charge on any atom is -0.339 e. The summed E-state index contributed by atoms with van der Waals surface area (Å²) in [5.74, 6) is -0.262. The summed E-state index contributed by atoms with van der Waals surface area (Å²) in [6, 6.07) is 5.78. The summed E-state index contributed by atoms with van der Waals surface area (Å²) in [6.45, 7) is 2.15. The second kappa shape index (κ2) is 13.1. The number of halogens is 3. The zero-order valence-corrected chi connectivity index (χ0v) is 19.1. The normalized spacial score (nSPS) is 12.1. The Morgan fingerprint density at radius 2 is 1.83 bits per heavy atom. The molecule has 1 rings (SSSR count). The topological polar surface area (TPSA) is 96.3 Å². The average Bonchev–Trinajstić information content (AvgIpc) is 2.63. The van der Waals surface area contributed by atoms with Crippen LogP contribution in [0.1, 0.15) is 51.9 Å². The molecule has 29 heavy (non-hydrogen) atoms. The van der Waals surface area contributed by atoms with E-state index in [1.165, 1.54) is 31.0 Å². The number of amides is 1. The Labute approximate surface area is 191 Å². The number of nitro benzene ring substituents is 1. The maximum absolute atomic E-state index is 12.2. The van der Waals surface area contributed by atoms with Crippen LogP contribution in [0, 0.1) is 10.1 Å². The molecule has 1 atom stereocenters. The van der Waals surface area contributed by atoms with Gasteiger partial charge in [0.2, 0.25) is 9.70 Å². The Bertz CT molecular complexity index is 701. The summed E-state index contributed by atoms with van der Waals surface area (Å²) in [5.41, 5.74) is 0.293. The van der Waals surface area contributed by atoms with Gasteiger partial charge in [-0.25, -0.2) is 0 Å². The lowest BCUT2D eigenvalue weighted by atomic mass is 10.1. The molecule has 0 aromatic heterocycles. The highest BCUT2D eigenvalue weighted by atomic mass is 35.6. The van der Waals surface area contributed by atoms with Gasteiger partial charge in [-0.15, -0.1) is 0 Å². The third-order valence-electron chi connectivity index (χ3n) is 3.98. The molecule has 11 heteroatoms. The van der Waals surface area contributed by atoms with Gasteiger partial charge < -0.3 is 16.0 Å². The van der Waals surface area contributed by atoms with E-state index in [0.717, 1.165) is 25.7 Å². The number of carbonyl (C=O) groups is 1. The molecule has 0 aliphatic carbocycles. The zero-order chi connectivity index (χ0) is 21.9. The fourth-order valence-electron chi connectivity index (χ4n) is 2.49. The monoisotopic (exact) mass is 482 g/mol. The molecular weight excluding hydrogens is 459 g/mol. The molecule has 1 aromatic carbocycles. The number of hydrogen-bond donors (Lipinski definition) is 3. The molecular formula is C18H25Cl3N4O3S. The summed E-state index contributed by atoms with van der Waals surface area (Å²) in [5, 5.41) is 19.0. The number of nitrogens with one attached hydrogen (secondary N) is 3. The number of non-ortho nitro benzene ring substituents is 1. The van der Waals surface area contributed by atoms with Crippen molar-refractivity contribution in [2.24, 2.45) is 0 Å². The van der Waals surface area contributed by atoms with Gasteiger partial charge in [0.1, 0.15) is 6.17 Å². The highest BCUT2D eigenvalue weighted by molar-refractivity contribution is 7.80. The van der Waals surface area contributed by atoms with E-state index in [1.807, 2.05) is 0 Å². The van der Waals surface area contributed by atoms with Crippen LogP contribution < -0.4 is 16.0 Å². The van der Waals surface area contributed by atoms with Crippen LogP contribution in [0.3, 0.4) is 0 Å². The van der Waals surface area contributed by atoms with Crippen molar-refractivity contribution in [3.8, 4) is 0 Å². The predicted octanol–water partition coefficient (Wildman–Crippen LogP) is 5.44. The molecule has 0 spiro atoms. The van der Waals surface area contributed by atoms with Gasteiger partial charge >= 0.3 is 0 Å². The molecule has 0 bridgehead atoms. The predicted molar refractivity (Wildman–Crippen MR) is 123 cm³/mol. The first kappa shape index (κ1) is 25.7. The first-order valence-corrected chi connectivity index (χ1v) is 10.9. The van der Waals surface area contributed by atoms with E-state index in [-0.39, 0.29) is 16.7 Å². The molecule has 0 saturated heterocycles. The van der Waals surface area contributed by atoms with Gasteiger partial charge in [-0.2, -0.15) is 0 Å². The van der Waals surface area contributed by atoms with Crippen molar-refractivity contribution in [1.29, 1.82) is 0 Å².